The van der Waals surface area contributed by atoms with Crippen LogP contribution in [0.25, 0.3) is 0 Å². The molecule has 6 nitrogen and oxygen atoms in total. The van der Waals surface area contributed by atoms with Gasteiger partial charge in [0.15, 0.2) is 5.96 Å². The Labute approximate surface area is 173 Å². The molecule has 0 aliphatic heterocycles. The van der Waals surface area contributed by atoms with Crippen LogP contribution < -0.4 is 16.0 Å². The van der Waals surface area contributed by atoms with Gasteiger partial charge in [0.05, 0.1) is 18.8 Å². The quantitative estimate of drug-likeness (QED) is 0.329. The third-order valence-electron chi connectivity index (χ3n) is 3.32. The molecule has 0 radical (unpaired) electrons. The summed E-state index contributed by atoms with van der Waals surface area (Å²) in [5.41, 5.74) is 1.48. The van der Waals surface area contributed by atoms with Crippen LogP contribution in [0, 0.1) is 5.82 Å². The summed E-state index contributed by atoms with van der Waals surface area (Å²) in [6.07, 6.45) is 0. The number of benzene rings is 1. The number of aromatic nitrogens is 1. The molecule has 142 valence electrons. The van der Waals surface area contributed by atoms with E-state index in [1.807, 2.05) is 5.38 Å². The van der Waals surface area contributed by atoms with Crippen LogP contribution in [0.4, 0.5) is 10.1 Å². The Morgan fingerprint density at radius 2 is 2.12 bits per heavy atom. The van der Waals surface area contributed by atoms with Gasteiger partial charge in [-0.05, 0) is 24.1 Å². The minimum Gasteiger partial charge on any atom is -0.350 e. The van der Waals surface area contributed by atoms with E-state index in [9.17, 15) is 9.18 Å². The second-order valence-corrected chi connectivity index (χ2v) is 6.60. The number of hydrogen-bond acceptors (Lipinski definition) is 4. The summed E-state index contributed by atoms with van der Waals surface area (Å²) in [6, 6.07) is 5.75. The van der Waals surface area contributed by atoms with Crippen LogP contribution >= 0.6 is 35.3 Å². The monoisotopic (exact) mass is 491 g/mol. The molecule has 26 heavy (non-hydrogen) atoms. The molecule has 2 rings (SSSR count). The Hall–Kier alpha value is -1.75. The van der Waals surface area contributed by atoms with Crippen LogP contribution in [0.2, 0.25) is 0 Å². The molecular weight excluding hydrogens is 468 g/mol. The molecule has 0 aliphatic rings. The van der Waals surface area contributed by atoms with Crippen LogP contribution in [0.3, 0.4) is 0 Å². The number of nitrogens with one attached hydrogen (secondary N) is 3. The minimum absolute atomic E-state index is 0. The molecule has 0 fully saturated rings. The SMILES string of the molecule is CN=C(NCC(=O)Nc1cccc(F)c1)NCc1nc(C(C)C)cs1.I. The van der Waals surface area contributed by atoms with Crippen molar-refractivity contribution in [1.29, 1.82) is 0 Å². The lowest BCUT2D eigenvalue weighted by Crippen LogP contribution is -2.41. The zero-order chi connectivity index (χ0) is 18.2. The Morgan fingerprint density at radius 3 is 2.73 bits per heavy atom. The number of nitrogens with zero attached hydrogens (tertiary/aromatic N) is 2. The first-order valence-electron chi connectivity index (χ1n) is 7.92. The number of carbonyl (C=O) groups excluding carboxylic acids is 1. The summed E-state index contributed by atoms with van der Waals surface area (Å²) in [6.45, 7) is 4.75. The van der Waals surface area contributed by atoms with Crippen LogP contribution in [0.5, 0.6) is 0 Å². The van der Waals surface area contributed by atoms with Gasteiger partial charge in [0, 0.05) is 18.1 Å². The molecule has 1 heterocycles. The van der Waals surface area contributed by atoms with E-state index in [0.29, 0.717) is 24.1 Å². The van der Waals surface area contributed by atoms with Crippen molar-refractivity contribution in [3.63, 3.8) is 0 Å². The maximum absolute atomic E-state index is 13.1. The summed E-state index contributed by atoms with van der Waals surface area (Å²) in [7, 11) is 1.63. The summed E-state index contributed by atoms with van der Waals surface area (Å²) in [5.74, 6) is 0.210. The van der Waals surface area contributed by atoms with Crippen LogP contribution in [0.1, 0.15) is 30.5 Å². The number of guanidine groups is 1. The topological polar surface area (TPSA) is 78.4 Å². The first-order valence-corrected chi connectivity index (χ1v) is 8.80. The molecule has 2 aromatic rings. The van der Waals surface area contributed by atoms with Gasteiger partial charge in [0.1, 0.15) is 10.8 Å². The largest absolute Gasteiger partial charge is 0.350 e. The van der Waals surface area contributed by atoms with E-state index in [-0.39, 0.29) is 36.4 Å². The fourth-order valence-electron chi connectivity index (χ4n) is 1.99. The number of amides is 1. The predicted octanol–water partition coefficient (Wildman–Crippen LogP) is 3.33. The average Bonchev–Trinajstić information content (AvgIpc) is 3.04. The molecule has 9 heteroatoms. The fraction of sp³-hybridized carbons (Fsp3) is 0.353. The lowest BCUT2D eigenvalue weighted by atomic mass is 10.2. The zero-order valence-electron chi connectivity index (χ0n) is 14.9. The highest BCUT2D eigenvalue weighted by Crippen LogP contribution is 2.17. The molecule has 1 amide bonds. The van der Waals surface area contributed by atoms with Crippen LogP contribution in [-0.4, -0.2) is 30.4 Å². The molecule has 0 unspecified atom stereocenters. The van der Waals surface area contributed by atoms with E-state index >= 15 is 0 Å². The summed E-state index contributed by atoms with van der Waals surface area (Å²) >= 11 is 1.59. The lowest BCUT2D eigenvalue weighted by molar-refractivity contribution is -0.115. The molecule has 0 atom stereocenters. The van der Waals surface area contributed by atoms with Gasteiger partial charge in [0.25, 0.3) is 0 Å². The van der Waals surface area contributed by atoms with Gasteiger partial charge in [-0.15, -0.1) is 35.3 Å². The van der Waals surface area contributed by atoms with E-state index in [1.165, 1.54) is 18.2 Å². The van der Waals surface area contributed by atoms with Crippen molar-refractivity contribution < 1.29 is 9.18 Å². The van der Waals surface area contributed by atoms with Crippen molar-refractivity contribution in [2.24, 2.45) is 4.99 Å². The van der Waals surface area contributed by atoms with E-state index in [1.54, 1.807) is 24.5 Å². The average molecular weight is 491 g/mol. The number of rotatable bonds is 6. The van der Waals surface area contributed by atoms with Crippen LogP contribution in [0.15, 0.2) is 34.6 Å². The Bertz CT molecular complexity index is 750. The number of halogens is 2. The Morgan fingerprint density at radius 1 is 1.35 bits per heavy atom. The molecule has 0 saturated carbocycles. The second-order valence-electron chi connectivity index (χ2n) is 5.66. The van der Waals surface area contributed by atoms with Crippen molar-refractivity contribution in [2.75, 3.05) is 18.9 Å². The third kappa shape index (κ3) is 7.24. The molecule has 0 saturated heterocycles. The van der Waals surface area contributed by atoms with Crippen molar-refractivity contribution in [1.82, 2.24) is 15.6 Å². The summed E-state index contributed by atoms with van der Waals surface area (Å²) in [5, 5.41) is 11.6. The van der Waals surface area contributed by atoms with Crippen molar-refractivity contribution >= 4 is 52.9 Å². The highest BCUT2D eigenvalue weighted by molar-refractivity contribution is 14.0. The minimum atomic E-state index is -0.396. The van der Waals surface area contributed by atoms with Gasteiger partial charge in [-0.2, -0.15) is 0 Å². The number of anilines is 1. The number of hydrogen-bond donors (Lipinski definition) is 3. The first kappa shape index (κ1) is 22.3. The second kappa shape index (κ2) is 11.1. The first-order chi connectivity index (χ1) is 12.0. The number of aliphatic imine (C=N–C) groups is 1. The lowest BCUT2D eigenvalue weighted by Gasteiger charge is -2.11. The molecule has 3 N–H and O–H groups in total. The van der Waals surface area contributed by atoms with E-state index in [0.717, 1.165) is 10.7 Å². The van der Waals surface area contributed by atoms with Crippen molar-refractivity contribution in [3.05, 3.63) is 46.2 Å². The van der Waals surface area contributed by atoms with Crippen molar-refractivity contribution in [3.8, 4) is 0 Å². The summed E-state index contributed by atoms with van der Waals surface area (Å²) in [4.78, 5) is 20.5. The molecular formula is C17H23FIN5OS. The highest BCUT2D eigenvalue weighted by atomic mass is 127. The van der Waals surface area contributed by atoms with Gasteiger partial charge in [-0.25, -0.2) is 9.37 Å². The van der Waals surface area contributed by atoms with Gasteiger partial charge in [-0.1, -0.05) is 19.9 Å². The molecule has 1 aromatic carbocycles. The van der Waals surface area contributed by atoms with E-state index in [2.05, 4.69) is 39.8 Å². The fourth-order valence-corrected chi connectivity index (χ4v) is 2.88. The zero-order valence-corrected chi connectivity index (χ0v) is 18.0. The van der Waals surface area contributed by atoms with Gasteiger partial charge in [0.2, 0.25) is 5.91 Å². The number of thiazole rings is 1. The molecule has 0 aliphatic carbocycles. The Balaban J connectivity index is 0.00000338. The van der Waals surface area contributed by atoms with E-state index in [4.69, 9.17) is 0 Å². The maximum atomic E-state index is 13.1. The van der Waals surface area contributed by atoms with Crippen LogP contribution in [-0.2, 0) is 11.3 Å². The van der Waals surface area contributed by atoms with Gasteiger partial charge >= 0.3 is 0 Å². The smallest absolute Gasteiger partial charge is 0.243 e. The molecule has 0 bridgehead atoms. The molecule has 0 spiro atoms. The highest BCUT2D eigenvalue weighted by Gasteiger charge is 2.08. The maximum Gasteiger partial charge on any atom is 0.243 e. The van der Waals surface area contributed by atoms with Gasteiger partial charge in [-0.3, -0.25) is 9.79 Å². The van der Waals surface area contributed by atoms with E-state index < -0.39 is 5.82 Å². The molecule has 1 aromatic heterocycles. The third-order valence-corrected chi connectivity index (χ3v) is 4.18. The normalized spacial score (nSPS) is 11.0. The summed E-state index contributed by atoms with van der Waals surface area (Å²) < 4.78 is 13.1. The number of carbonyl (C=O) groups is 1. The predicted molar refractivity (Wildman–Crippen MR) is 115 cm³/mol. The Kier molecular flexibility index (Phi) is 9.49. The van der Waals surface area contributed by atoms with Gasteiger partial charge < -0.3 is 16.0 Å². The van der Waals surface area contributed by atoms with Crippen molar-refractivity contribution in [2.45, 2.75) is 26.3 Å². The standard InChI is InChI=1S/C17H22FN5OS.HI/c1-11(2)14-10-25-16(23-14)9-21-17(19-3)20-8-15(24)22-13-6-4-5-12(18)7-13;/h4-7,10-11H,8-9H2,1-3H3,(H,22,24)(H2,19,20,21);1H.